The van der Waals surface area contributed by atoms with Gasteiger partial charge in [-0.15, -0.1) is 0 Å². The highest BCUT2D eigenvalue weighted by molar-refractivity contribution is 6.11. The zero-order valence-electron chi connectivity index (χ0n) is 42.9. The Bertz CT molecular complexity index is 3570. The van der Waals surface area contributed by atoms with Crippen LogP contribution in [0.4, 0.5) is 0 Å². The molecule has 0 saturated heterocycles. The molecule has 6 aromatic carbocycles. The van der Waals surface area contributed by atoms with E-state index in [2.05, 4.69) is 260 Å². The molecule has 2 aliphatic carbocycles. The fraction of sp³-hybridized carbons (Fsp3) is 0.139. The van der Waals surface area contributed by atoms with Crippen LogP contribution in [-0.2, 0) is 0 Å². The second kappa shape index (κ2) is 23.2. The van der Waals surface area contributed by atoms with Gasteiger partial charge in [0.05, 0.1) is 0 Å². The van der Waals surface area contributed by atoms with Crippen LogP contribution >= 0.6 is 0 Å². The summed E-state index contributed by atoms with van der Waals surface area (Å²) in [6.45, 7) is 21.0. The maximum Gasteiger partial charge on any atom is 0.0431 e. The molecule has 0 saturated carbocycles. The van der Waals surface area contributed by atoms with Crippen LogP contribution in [0, 0.1) is 88.9 Å². The minimum Gasteiger partial charge on any atom is -0.0988 e. The second-order valence-electron chi connectivity index (χ2n) is 18.9. The number of allylic oxidation sites excluding steroid dienone is 17. The Labute approximate surface area is 430 Å². The largest absolute Gasteiger partial charge is 0.0988 e. The molecule has 0 bridgehead atoms. The minimum absolute atomic E-state index is 0.793. The average Bonchev–Trinajstić information content (AvgIpc) is 3.38. The molecule has 0 heteroatoms. The molecule has 72 heavy (non-hydrogen) atoms. The Morgan fingerprint density at radius 1 is 0.389 bits per heavy atom. The molecule has 0 nitrogen and oxygen atoms in total. The van der Waals surface area contributed by atoms with Gasteiger partial charge >= 0.3 is 0 Å². The van der Waals surface area contributed by atoms with Crippen LogP contribution in [0.15, 0.2) is 233 Å². The highest BCUT2D eigenvalue weighted by Crippen LogP contribution is 2.48. The van der Waals surface area contributed by atoms with Crippen LogP contribution in [0.3, 0.4) is 0 Å². The summed E-state index contributed by atoms with van der Waals surface area (Å²) in [5.74, 6) is 30.2. The van der Waals surface area contributed by atoms with E-state index in [0.717, 1.165) is 119 Å². The number of hydrogen-bond acceptors (Lipinski definition) is 0. The van der Waals surface area contributed by atoms with Crippen molar-refractivity contribution in [3.63, 3.8) is 0 Å². The Kier molecular flexibility index (Phi) is 16.0. The number of rotatable bonds is 6. The Morgan fingerprint density at radius 3 is 1.06 bits per heavy atom. The molecular formula is C72H60. The summed E-state index contributed by atoms with van der Waals surface area (Å²) in [6.07, 6.45) is 14.0. The zero-order valence-corrected chi connectivity index (χ0v) is 42.9. The number of aryl methyl sites for hydroxylation is 6. The molecule has 0 aliphatic heterocycles. The normalized spacial score (nSPS) is 17.9. The molecule has 0 heterocycles. The van der Waals surface area contributed by atoms with Crippen LogP contribution in [0.25, 0.3) is 16.7 Å². The smallest absolute Gasteiger partial charge is 0.0431 e. The van der Waals surface area contributed by atoms with E-state index in [0.29, 0.717) is 0 Å². The molecule has 0 atom stereocenters. The van der Waals surface area contributed by atoms with Crippen LogP contribution in [-0.4, -0.2) is 0 Å². The molecule has 8 rings (SSSR count). The lowest BCUT2D eigenvalue weighted by atomic mass is 9.73. The van der Waals surface area contributed by atoms with Gasteiger partial charge in [0, 0.05) is 61.3 Å². The lowest BCUT2D eigenvalue weighted by molar-refractivity contribution is 0.915. The molecule has 0 N–H and O–H groups in total. The third-order valence-corrected chi connectivity index (χ3v) is 12.9. The van der Waals surface area contributed by atoms with Crippen LogP contribution in [0.2, 0.25) is 0 Å². The first-order valence-corrected chi connectivity index (χ1v) is 24.7. The lowest BCUT2D eigenvalue weighted by Crippen LogP contribution is -2.12. The first kappa shape index (κ1) is 49.6. The van der Waals surface area contributed by atoms with E-state index < -0.39 is 0 Å². The Hall–Kier alpha value is -8.78. The van der Waals surface area contributed by atoms with Crippen LogP contribution in [0.5, 0.6) is 0 Å². The van der Waals surface area contributed by atoms with Gasteiger partial charge in [-0.25, -0.2) is 0 Å². The van der Waals surface area contributed by atoms with Crippen LogP contribution < -0.4 is 0 Å². The monoisotopic (exact) mass is 924 g/mol. The molecule has 0 radical (unpaired) electrons. The zero-order chi connectivity index (χ0) is 50.6. The van der Waals surface area contributed by atoms with E-state index in [1.165, 1.54) is 22.3 Å². The summed E-state index contributed by atoms with van der Waals surface area (Å²) < 4.78 is 0. The molecule has 0 fully saturated rings. The van der Waals surface area contributed by atoms with E-state index in [9.17, 15) is 0 Å². The summed E-state index contributed by atoms with van der Waals surface area (Å²) in [5, 5.41) is 0. The lowest BCUT2D eigenvalue weighted by Gasteiger charge is -2.28. The average molecular weight is 925 g/mol. The van der Waals surface area contributed by atoms with Crippen molar-refractivity contribution >= 4 is 16.7 Å². The van der Waals surface area contributed by atoms with Crippen molar-refractivity contribution in [2.75, 3.05) is 0 Å². The minimum atomic E-state index is 0.793. The Morgan fingerprint density at radius 2 is 0.722 bits per heavy atom. The molecule has 0 amide bonds. The summed E-state index contributed by atoms with van der Waals surface area (Å²) in [5.41, 5.74) is 23.3. The van der Waals surface area contributed by atoms with Crippen molar-refractivity contribution in [2.45, 2.75) is 68.2 Å². The fourth-order valence-electron chi connectivity index (χ4n) is 8.54. The van der Waals surface area contributed by atoms with Gasteiger partial charge in [-0.05, 0) is 133 Å². The SMILES string of the molecule is C=C/C(C)=C\C=C\C#CC1=C(c2ccc(C)cc2)/C(C#Cc2ccc(C)cc2)=C(c2ccc(C)cc2)\C(C#Cc2ccc(C)cc2)=C(c2ccc(C)cc2)/C(C#Cc2ccc(C)cc2)=C\1C1=CC=C(C)CC1. The topological polar surface area (TPSA) is 0 Å². The standard InChI is InChI=1S/C72H60/c1-10-50(2)14-12-11-13-15-65-69(61-39-22-54(6)23-40-61)66(47-36-58-30-16-51(3)17-31-58)71(63-43-26-56(8)27-44-63)68(49-38-60-34-20-53(5)21-35-60)72(64-45-28-57(9)29-46-64)67(48-37-59-32-18-52(4)19-33-59)70(65)62-41-24-55(7)25-42-62/h10-12,14,16-24,26-35,39-41,43-46H,1,25,42H2,2-9H3/b12-11+,50-14-,69-65-,69-66?,70-65?,70-67-,71-66-,71-68?,72-67?,72-68-. The van der Waals surface area contributed by atoms with E-state index >= 15 is 0 Å². The third kappa shape index (κ3) is 12.3. The van der Waals surface area contributed by atoms with Crippen LogP contribution in [0.1, 0.15) is 93.5 Å². The van der Waals surface area contributed by atoms with Crippen molar-refractivity contribution in [1.82, 2.24) is 0 Å². The molecule has 0 spiro atoms. The van der Waals surface area contributed by atoms with Gasteiger partial charge in [-0.2, -0.15) is 0 Å². The van der Waals surface area contributed by atoms with E-state index in [4.69, 9.17) is 0 Å². The number of benzene rings is 6. The Balaban J connectivity index is 1.72. The molecule has 6 aromatic rings. The third-order valence-electron chi connectivity index (χ3n) is 12.9. The molecular weight excluding hydrogens is 865 g/mol. The number of hydrogen-bond donors (Lipinski definition) is 0. The molecule has 0 unspecified atom stereocenters. The van der Waals surface area contributed by atoms with Crippen molar-refractivity contribution in [3.05, 3.63) is 300 Å². The predicted molar refractivity (Wildman–Crippen MR) is 307 cm³/mol. The van der Waals surface area contributed by atoms with Gasteiger partial charge in [0.2, 0.25) is 0 Å². The molecule has 2 aliphatic rings. The van der Waals surface area contributed by atoms with E-state index in [1.807, 2.05) is 31.2 Å². The van der Waals surface area contributed by atoms with Crippen molar-refractivity contribution in [1.29, 1.82) is 0 Å². The van der Waals surface area contributed by atoms with E-state index in [-0.39, 0.29) is 0 Å². The van der Waals surface area contributed by atoms with Crippen molar-refractivity contribution in [3.8, 4) is 47.4 Å². The summed E-state index contributed by atoms with van der Waals surface area (Å²) >= 11 is 0. The molecule has 348 valence electrons. The quantitative estimate of drug-likeness (QED) is 0.115. The second-order valence-corrected chi connectivity index (χ2v) is 18.9. The van der Waals surface area contributed by atoms with Gasteiger partial charge in [-0.3, -0.25) is 0 Å². The fourth-order valence-corrected chi connectivity index (χ4v) is 8.54. The highest BCUT2D eigenvalue weighted by Gasteiger charge is 2.32. The summed E-state index contributed by atoms with van der Waals surface area (Å²) in [4.78, 5) is 0. The summed E-state index contributed by atoms with van der Waals surface area (Å²) in [6, 6.07) is 51.8. The first-order valence-electron chi connectivity index (χ1n) is 24.7. The van der Waals surface area contributed by atoms with E-state index in [1.54, 1.807) is 0 Å². The van der Waals surface area contributed by atoms with Gasteiger partial charge in [0.1, 0.15) is 0 Å². The molecule has 0 aromatic heterocycles. The van der Waals surface area contributed by atoms with Crippen molar-refractivity contribution < 1.29 is 0 Å². The maximum absolute atomic E-state index is 3.98. The maximum atomic E-state index is 3.98. The van der Waals surface area contributed by atoms with Gasteiger partial charge in [-0.1, -0.05) is 238 Å². The first-order chi connectivity index (χ1) is 34.9. The van der Waals surface area contributed by atoms with Gasteiger partial charge in [0.15, 0.2) is 0 Å². The van der Waals surface area contributed by atoms with Gasteiger partial charge < -0.3 is 0 Å². The van der Waals surface area contributed by atoms with Gasteiger partial charge in [0.25, 0.3) is 0 Å². The predicted octanol–water partition coefficient (Wildman–Crippen LogP) is 17.0. The van der Waals surface area contributed by atoms with Crippen molar-refractivity contribution in [2.24, 2.45) is 0 Å². The summed E-state index contributed by atoms with van der Waals surface area (Å²) in [7, 11) is 0. The highest BCUT2D eigenvalue weighted by atomic mass is 14.3.